The molecule has 0 spiro atoms. The highest BCUT2D eigenvalue weighted by atomic mass is 16.6. The fourth-order valence-corrected chi connectivity index (χ4v) is 2.12. The first-order valence-corrected chi connectivity index (χ1v) is 7.83. The molecule has 0 N–H and O–H groups in total. The molecule has 0 fully saturated rings. The van der Waals surface area contributed by atoms with Gasteiger partial charge in [-0.3, -0.25) is 0 Å². The van der Waals surface area contributed by atoms with Gasteiger partial charge in [-0.15, -0.1) is 0 Å². The summed E-state index contributed by atoms with van der Waals surface area (Å²) in [6.07, 6.45) is 0. The molecule has 0 unspecified atom stereocenters. The number of benzene rings is 1. The molecule has 0 atom stereocenters. The zero-order chi connectivity index (χ0) is 18.1. The molecule has 0 aliphatic rings. The fourth-order valence-electron chi connectivity index (χ4n) is 2.12. The molecule has 0 saturated carbocycles. The molecule has 2 rings (SSSR count). The predicted molar refractivity (Wildman–Crippen MR) is 92.1 cm³/mol. The monoisotopic (exact) mass is 329 g/mol. The molecule has 1 aromatic heterocycles. The van der Waals surface area contributed by atoms with Crippen molar-refractivity contribution in [3.05, 3.63) is 41.7 Å². The number of ether oxygens (including phenoxy) is 2. The zero-order valence-corrected chi connectivity index (χ0v) is 15.0. The molecule has 2 aromatic rings. The molecule has 1 heterocycles. The molecule has 0 aliphatic heterocycles. The largest absolute Gasteiger partial charge is 0.455 e. The number of hydrogen-bond acceptors (Lipinski definition) is 5. The number of carbonyl (C=O) groups is 2. The summed E-state index contributed by atoms with van der Waals surface area (Å²) in [5.41, 5.74) is -1.09. The SMILES string of the molecule is CC(C)(C)OC(=O)c1cc2ccccc2c(C(=O)OC(C)(C)C)n1. The Bertz CT molecular complexity index is 782. The number of carbonyl (C=O) groups excluding carboxylic acids is 2. The summed E-state index contributed by atoms with van der Waals surface area (Å²) in [5.74, 6) is -1.14. The van der Waals surface area contributed by atoms with Gasteiger partial charge in [0, 0.05) is 5.39 Å². The molecule has 0 radical (unpaired) electrons. The summed E-state index contributed by atoms with van der Waals surface area (Å²) < 4.78 is 10.8. The first-order valence-electron chi connectivity index (χ1n) is 7.83. The number of aromatic nitrogens is 1. The van der Waals surface area contributed by atoms with E-state index in [4.69, 9.17) is 9.47 Å². The van der Waals surface area contributed by atoms with Gasteiger partial charge in [0.05, 0.1) is 0 Å². The fraction of sp³-hybridized carbons (Fsp3) is 0.421. The van der Waals surface area contributed by atoms with Gasteiger partial charge in [0.25, 0.3) is 0 Å². The normalized spacial score (nSPS) is 12.1. The molecule has 1 aromatic carbocycles. The van der Waals surface area contributed by atoms with Gasteiger partial charge in [0.15, 0.2) is 5.69 Å². The van der Waals surface area contributed by atoms with Gasteiger partial charge in [-0.1, -0.05) is 24.3 Å². The van der Waals surface area contributed by atoms with Gasteiger partial charge in [0.1, 0.15) is 16.9 Å². The topological polar surface area (TPSA) is 65.5 Å². The molecular weight excluding hydrogens is 306 g/mol. The van der Waals surface area contributed by atoms with E-state index in [0.717, 1.165) is 5.39 Å². The number of nitrogens with zero attached hydrogens (tertiary/aromatic N) is 1. The smallest absolute Gasteiger partial charge is 0.358 e. The summed E-state index contributed by atoms with van der Waals surface area (Å²) in [4.78, 5) is 29.0. The lowest BCUT2D eigenvalue weighted by Crippen LogP contribution is -2.27. The number of pyridine rings is 1. The van der Waals surface area contributed by atoms with E-state index in [9.17, 15) is 9.59 Å². The Kier molecular flexibility index (Phi) is 4.65. The van der Waals surface area contributed by atoms with Gasteiger partial charge < -0.3 is 9.47 Å². The van der Waals surface area contributed by atoms with E-state index in [2.05, 4.69) is 4.98 Å². The summed E-state index contributed by atoms with van der Waals surface area (Å²) in [5, 5.41) is 1.37. The standard InChI is InChI=1S/C19H23NO4/c1-18(2,3)23-16(21)14-11-12-9-7-8-10-13(12)15(20-14)17(22)24-19(4,5)6/h7-11H,1-6H3. The van der Waals surface area contributed by atoms with E-state index in [1.165, 1.54) is 0 Å². The quantitative estimate of drug-likeness (QED) is 0.775. The van der Waals surface area contributed by atoms with Crippen molar-refractivity contribution in [2.75, 3.05) is 0 Å². The Labute approximate surface area is 142 Å². The molecule has 128 valence electrons. The minimum Gasteiger partial charge on any atom is -0.455 e. The van der Waals surface area contributed by atoms with Crippen LogP contribution >= 0.6 is 0 Å². The highest BCUT2D eigenvalue weighted by Gasteiger charge is 2.25. The van der Waals surface area contributed by atoms with Crippen molar-refractivity contribution >= 4 is 22.7 Å². The van der Waals surface area contributed by atoms with Crippen LogP contribution < -0.4 is 0 Å². The van der Waals surface area contributed by atoms with Crippen LogP contribution in [0.25, 0.3) is 10.8 Å². The van der Waals surface area contributed by atoms with E-state index in [0.29, 0.717) is 5.39 Å². The molecule has 24 heavy (non-hydrogen) atoms. The first kappa shape index (κ1) is 17.9. The summed E-state index contributed by atoms with van der Waals surface area (Å²) in [6, 6.07) is 8.86. The second-order valence-electron chi connectivity index (χ2n) is 7.58. The number of fused-ring (bicyclic) bond motifs is 1. The van der Waals surface area contributed by atoms with Crippen molar-refractivity contribution in [1.29, 1.82) is 0 Å². The van der Waals surface area contributed by atoms with Crippen molar-refractivity contribution in [3.8, 4) is 0 Å². The third-order valence-corrected chi connectivity index (χ3v) is 2.94. The number of rotatable bonds is 2. The van der Waals surface area contributed by atoms with E-state index < -0.39 is 23.1 Å². The maximum absolute atomic E-state index is 12.5. The van der Waals surface area contributed by atoms with Crippen LogP contribution in [0.5, 0.6) is 0 Å². The Balaban J connectivity index is 2.53. The lowest BCUT2D eigenvalue weighted by Gasteiger charge is -2.21. The molecule has 5 nitrogen and oxygen atoms in total. The van der Waals surface area contributed by atoms with Crippen LogP contribution in [-0.4, -0.2) is 28.1 Å². The Hall–Kier alpha value is -2.43. The second kappa shape index (κ2) is 6.23. The highest BCUT2D eigenvalue weighted by molar-refractivity contribution is 6.05. The van der Waals surface area contributed by atoms with Crippen molar-refractivity contribution < 1.29 is 19.1 Å². The molecule has 5 heteroatoms. The predicted octanol–water partition coefficient (Wildman–Crippen LogP) is 4.15. The molecule has 0 saturated heterocycles. The first-order chi connectivity index (χ1) is 11.0. The van der Waals surface area contributed by atoms with E-state index in [1.54, 1.807) is 53.7 Å². The van der Waals surface area contributed by atoms with Crippen LogP contribution in [0.1, 0.15) is 62.5 Å². The van der Waals surface area contributed by atoms with Crippen molar-refractivity contribution in [1.82, 2.24) is 4.98 Å². The Morgan fingerprint density at radius 1 is 0.875 bits per heavy atom. The second-order valence-corrected chi connectivity index (χ2v) is 7.58. The van der Waals surface area contributed by atoms with Gasteiger partial charge in [-0.25, -0.2) is 14.6 Å². The zero-order valence-electron chi connectivity index (χ0n) is 15.0. The van der Waals surface area contributed by atoms with Crippen LogP contribution in [0, 0.1) is 0 Å². The minimum atomic E-state index is -0.651. The maximum atomic E-state index is 12.5. The van der Waals surface area contributed by atoms with Crippen molar-refractivity contribution in [2.45, 2.75) is 52.7 Å². The van der Waals surface area contributed by atoms with E-state index >= 15 is 0 Å². The molecular formula is C19H23NO4. The van der Waals surface area contributed by atoms with Gasteiger partial charge >= 0.3 is 11.9 Å². The number of hydrogen-bond donors (Lipinski definition) is 0. The minimum absolute atomic E-state index is 0.0875. The average molecular weight is 329 g/mol. The maximum Gasteiger partial charge on any atom is 0.358 e. The Morgan fingerprint density at radius 2 is 1.42 bits per heavy atom. The van der Waals surface area contributed by atoms with Gasteiger partial charge in [-0.05, 0) is 53.0 Å². The van der Waals surface area contributed by atoms with Crippen LogP contribution in [-0.2, 0) is 9.47 Å². The highest BCUT2D eigenvalue weighted by Crippen LogP contribution is 2.22. The van der Waals surface area contributed by atoms with Crippen LogP contribution in [0.15, 0.2) is 30.3 Å². The van der Waals surface area contributed by atoms with Crippen LogP contribution in [0.2, 0.25) is 0 Å². The van der Waals surface area contributed by atoms with E-state index in [-0.39, 0.29) is 11.4 Å². The van der Waals surface area contributed by atoms with Crippen molar-refractivity contribution in [3.63, 3.8) is 0 Å². The number of esters is 2. The molecule has 0 amide bonds. The molecule has 0 bridgehead atoms. The van der Waals surface area contributed by atoms with Crippen LogP contribution in [0.3, 0.4) is 0 Å². The lowest BCUT2D eigenvalue weighted by molar-refractivity contribution is 0.00598. The molecule has 0 aliphatic carbocycles. The van der Waals surface area contributed by atoms with Crippen molar-refractivity contribution in [2.24, 2.45) is 0 Å². The summed E-state index contributed by atoms with van der Waals surface area (Å²) >= 11 is 0. The Morgan fingerprint density at radius 3 is 2.00 bits per heavy atom. The lowest BCUT2D eigenvalue weighted by atomic mass is 10.1. The summed E-state index contributed by atoms with van der Waals surface area (Å²) in [7, 11) is 0. The van der Waals surface area contributed by atoms with E-state index in [1.807, 2.05) is 18.2 Å². The average Bonchev–Trinajstić information content (AvgIpc) is 2.42. The van der Waals surface area contributed by atoms with Gasteiger partial charge in [0.2, 0.25) is 0 Å². The third kappa shape index (κ3) is 4.54. The third-order valence-electron chi connectivity index (χ3n) is 2.94. The summed E-state index contributed by atoms with van der Waals surface area (Å²) in [6.45, 7) is 10.7. The van der Waals surface area contributed by atoms with Crippen LogP contribution in [0.4, 0.5) is 0 Å². The van der Waals surface area contributed by atoms with Gasteiger partial charge in [-0.2, -0.15) is 0 Å².